The third-order valence-electron chi connectivity index (χ3n) is 3.83. The van der Waals surface area contributed by atoms with E-state index in [2.05, 4.69) is 10.4 Å². The number of hydrogen-bond donors (Lipinski definition) is 2. The molecule has 0 amide bonds. The quantitative estimate of drug-likeness (QED) is 0.884. The van der Waals surface area contributed by atoms with E-state index in [1.165, 1.54) is 10.7 Å². The number of rotatable bonds is 3. The third-order valence-corrected chi connectivity index (χ3v) is 3.83. The molecule has 0 spiro atoms. The van der Waals surface area contributed by atoms with Gasteiger partial charge in [0.15, 0.2) is 0 Å². The zero-order valence-corrected chi connectivity index (χ0v) is 11.8. The maximum atomic E-state index is 12.0. The number of piperidine rings is 1. The van der Waals surface area contributed by atoms with Gasteiger partial charge in [0.25, 0.3) is 5.56 Å². The van der Waals surface area contributed by atoms with Crippen molar-refractivity contribution in [3.8, 4) is 11.3 Å². The first kappa shape index (κ1) is 14.0. The minimum Gasteiger partial charge on any atom is -0.387 e. The monoisotopic (exact) mass is 285 g/mol. The molecular formula is C16H19N3O2. The molecule has 1 aromatic carbocycles. The van der Waals surface area contributed by atoms with Gasteiger partial charge in [-0.2, -0.15) is 5.10 Å². The summed E-state index contributed by atoms with van der Waals surface area (Å²) >= 11 is 0. The predicted octanol–water partition coefficient (Wildman–Crippen LogP) is 1.02. The molecule has 1 aliphatic heterocycles. The van der Waals surface area contributed by atoms with Crippen LogP contribution in [-0.2, 0) is 6.54 Å². The molecule has 0 radical (unpaired) electrons. The molecule has 0 aliphatic carbocycles. The van der Waals surface area contributed by atoms with Gasteiger partial charge in [0.2, 0.25) is 0 Å². The maximum absolute atomic E-state index is 12.0. The fraction of sp³-hybridized carbons (Fsp3) is 0.375. The van der Waals surface area contributed by atoms with Gasteiger partial charge in [0.05, 0.1) is 17.8 Å². The summed E-state index contributed by atoms with van der Waals surface area (Å²) in [4.78, 5) is 12.0. The van der Waals surface area contributed by atoms with Gasteiger partial charge in [-0.05, 0) is 25.5 Å². The Bertz CT molecular complexity index is 661. The largest absolute Gasteiger partial charge is 0.387 e. The van der Waals surface area contributed by atoms with Crippen LogP contribution in [0.15, 0.2) is 47.3 Å². The fourth-order valence-electron chi connectivity index (χ4n) is 2.69. The van der Waals surface area contributed by atoms with Crippen LogP contribution in [0.3, 0.4) is 0 Å². The van der Waals surface area contributed by atoms with Crippen molar-refractivity contribution in [3.63, 3.8) is 0 Å². The van der Waals surface area contributed by atoms with Crippen LogP contribution < -0.4 is 10.9 Å². The number of β-amino-alcohol motifs (C(OH)–C–C–N with tert-alkyl or cyclic N) is 1. The molecule has 1 atom stereocenters. The van der Waals surface area contributed by atoms with Crippen molar-refractivity contribution in [3.05, 3.63) is 52.8 Å². The molecule has 2 heterocycles. The molecule has 0 saturated carbocycles. The first-order chi connectivity index (χ1) is 10.2. The first-order valence-electron chi connectivity index (χ1n) is 7.23. The SMILES string of the molecule is O=c1ccc(-c2ccccc2)nn1C[C@]1(O)CCCNC1. The van der Waals surface area contributed by atoms with Crippen molar-refractivity contribution >= 4 is 0 Å². The van der Waals surface area contributed by atoms with E-state index in [0.717, 1.165) is 24.2 Å². The van der Waals surface area contributed by atoms with E-state index in [1.807, 2.05) is 30.3 Å². The van der Waals surface area contributed by atoms with E-state index in [4.69, 9.17) is 0 Å². The van der Waals surface area contributed by atoms with Crippen molar-refractivity contribution in [1.82, 2.24) is 15.1 Å². The van der Waals surface area contributed by atoms with Gasteiger partial charge < -0.3 is 10.4 Å². The number of hydrogen-bond acceptors (Lipinski definition) is 4. The normalized spacial score (nSPS) is 22.1. The molecule has 2 N–H and O–H groups in total. The van der Waals surface area contributed by atoms with Crippen LogP contribution in [0.4, 0.5) is 0 Å². The number of nitrogens with zero attached hydrogens (tertiary/aromatic N) is 2. The highest BCUT2D eigenvalue weighted by atomic mass is 16.3. The lowest BCUT2D eigenvalue weighted by molar-refractivity contribution is -0.00336. The van der Waals surface area contributed by atoms with Crippen LogP contribution in [0.2, 0.25) is 0 Å². The zero-order valence-electron chi connectivity index (χ0n) is 11.8. The molecule has 5 heteroatoms. The van der Waals surface area contributed by atoms with Crippen molar-refractivity contribution < 1.29 is 5.11 Å². The smallest absolute Gasteiger partial charge is 0.266 e. The second-order valence-corrected chi connectivity index (χ2v) is 5.59. The average molecular weight is 285 g/mol. The highest BCUT2D eigenvalue weighted by Crippen LogP contribution is 2.18. The molecule has 2 aromatic rings. The summed E-state index contributed by atoms with van der Waals surface area (Å²) in [6.45, 7) is 1.63. The maximum Gasteiger partial charge on any atom is 0.266 e. The standard InChI is InChI=1S/C16H19N3O2/c20-15-8-7-14(13-5-2-1-3-6-13)18-19(15)12-16(21)9-4-10-17-11-16/h1-3,5-8,17,21H,4,9-12H2/t16-/m0/s1. The van der Waals surface area contributed by atoms with Crippen molar-refractivity contribution in [2.45, 2.75) is 25.0 Å². The molecule has 110 valence electrons. The minimum absolute atomic E-state index is 0.186. The molecule has 1 fully saturated rings. The Morgan fingerprint density at radius 2 is 2.05 bits per heavy atom. The van der Waals surface area contributed by atoms with E-state index in [1.54, 1.807) is 6.07 Å². The summed E-state index contributed by atoms with van der Waals surface area (Å²) < 4.78 is 1.37. The van der Waals surface area contributed by atoms with Crippen LogP contribution in [-0.4, -0.2) is 33.6 Å². The van der Waals surface area contributed by atoms with Gasteiger partial charge in [-0.3, -0.25) is 4.79 Å². The van der Waals surface area contributed by atoms with Crippen molar-refractivity contribution in [2.75, 3.05) is 13.1 Å². The topological polar surface area (TPSA) is 67.2 Å². The highest BCUT2D eigenvalue weighted by Gasteiger charge is 2.30. The van der Waals surface area contributed by atoms with Gasteiger partial charge in [-0.1, -0.05) is 30.3 Å². The highest BCUT2D eigenvalue weighted by molar-refractivity contribution is 5.57. The van der Waals surface area contributed by atoms with Gasteiger partial charge in [-0.25, -0.2) is 4.68 Å². The van der Waals surface area contributed by atoms with Crippen LogP contribution >= 0.6 is 0 Å². The van der Waals surface area contributed by atoms with E-state index in [0.29, 0.717) is 13.0 Å². The second-order valence-electron chi connectivity index (χ2n) is 5.59. The summed E-state index contributed by atoms with van der Waals surface area (Å²) in [6, 6.07) is 12.9. The Hall–Kier alpha value is -1.98. The molecular weight excluding hydrogens is 266 g/mol. The summed E-state index contributed by atoms with van der Waals surface area (Å²) in [6.07, 6.45) is 1.59. The molecule has 21 heavy (non-hydrogen) atoms. The lowest BCUT2D eigenvalue weighted by atomic mass is 9.94. The molecule has 1 aromatic heterocycles. The lowest BCUT2D eigenvalue weighted by Gasteiger charge is -2.32. The predicted molar refractivity (Wildman–Crippen MR) is 81.0 cm³/mol. The van der Waals surface area contributed by atoms with Crippen LogP contribution in [0.1, 0.15) is 12.8 Å². The van der Waals surface area contributed by atoms with Crippen molar-refractivity contribution in [1.29, 1.82) is 0 Å². The van der Waals surface area contributed by atoms with Gasteiger partial charge >= 0.3 is 0 Å². The second kappa shape index (κ2) is 5.79. The summed E-state index contributed by atoms with van der Waals surface area (Å²) in [5, 5.41) is 18.1. The number of aromatic nitrogens is 2. The Morgan fingerprint density at radius 3 is 2.76 bits per heavy atom. The van der Waals surface area contributed by atoms with Crippen molar-refractivity contribution in [2.24, 2.45) is 0 Å². The average Bonchev–Trinajstić information content (AvgIpc) is 2.51. The molecule has 1 saturated heterocycles. The number of nitrogens with one attached hydrogen (secondary N) is 1. The van der Waals surface area contributed by atoms with Gasteiger partial charge in [0, 0.05) is 18.2 Å². The van der Waals surface area contributed by atoms with Crippen LogP contribution in [0.5, 0.6) is 0 Å². The van der Waals surface area contributed by atoms with Gasteiger partial charge in [-0.15, -0.1) is 0 Å². The first-order valence-corrected chi connectivity index (χ1v) is 7.23. The minimum atomic E-state index is -0.898. The lowest BCUT2D eigenvalue weighted by Crippen LogP contribution is -2.50. The van der Waals surface area contributed by atoms with Crippen LogP contribution in [0, 0.1) is 0 Å². The van der Waals surface area contributed by atoms with E-state index < -0.39 is 5.60 Å². The Balaban J connectivity index is 1.90. The number of aliphatic hydroxyl groups is 1. The zero-order chi connectivity index (χ0) is 14.7. The van der Waals surface area contributed by atoms with E-state index in [9.17, 15) is 9.90 Å². The molecule has 0 unspecified atom stereocenters. The van der Waals surface area contributed by atoms with E-state index in [-0.39, 0.29) is 12.1 Å². The Labute approximate surface area is 123 Å². The molecule has 3 rings (SSSR count). The van der Waals surface area contributed by atoms with E-state index >= 15 is 0 Å². The molecule has 5 nitrogen and oxygen atoms in total. The summed E-state index contributed by atoms with van der Waals surface area (Å²) in [5.41, 5.74) is 0.612. The molecule has 1 aliphatic rings. The number of benzene rings is 1. The molecule has 0 bridgehead atoms. The van der Waals surface area contributed by atoms with Gasteiger partial charge in [0.1, 0.15) is 0 Å². The summed E-state index contributed by atoms with van der Waals surface area (Å²) in [5.74, 6) is 0. The van der Waals surface area contributed by atoms with Crippen LogP contribution in [0.25, 0.3) is 11.3 Å². The Kier molecular flexibility index (Phi) is 3.86. The fourth-order valence-corrected chi connectivity index (χ4v) is 2.69. The third kappa shape index (κ3) is 3.20. The summed E-state index contributed by atoms with van der Waals surface area (Å²) in [7, 11) is 0. The Morgan fingerprint density at radius 1 is 1.24 bits per heavy atom.